The van der Waals surface area contributed by atoms with Crippen LogP contribution in [0.4, 0.5) is 4.39 Å². The number of ketones is 1. The van der Waals surface area contributed by atoms with E-state index in [1.165, 1.54) is 13.3 Å². The van der Waals surface area contributed by atoms with Gasteiger partial charge in [0.1, 0.15) is 5.82 Å². The van der Waals surface area contributed by atoms with Crippen LogP contribution in [0.1, 0.15) is 29.2 Å². The van der Waals surface area contributed by atoms with Crippen molar-refractivity contribution in [2.24, 2.45) is 0 Å². The Morgan fingerprint density at radius 3 is 2.79 bits per heavy atom. The quantitative estimate of drug-likeness (QED) is 0.730. The summed E-state index contributed by atoms with van der Waals surface area (Å²) in [5.41, 5.74) is 0.556. The lowest BCUT2D eigenvalue weighted by molar-refractivity contribution is 0.100. The van der Waals surface area contributed by atoms with Gasteiger partial charge in [0.25, 0.3) is 0 Å². The number of ether oxygens (including phenoxy) is 1. The van der Waals surface area contributed by atoms with Crippen LogP contribution in [0.2, 0.25) is 0 Å². The molecule has 1 atom stereocenters. The number of nitrogens with one attached hydrogen (secondary N) is 1. The fourth-order valence-corrected chi connectivity index (χ4v) is 4.90. The molecular weight excluding hydrogens is 383 g/mol. The maximum atomic E-state index is 15.0. The van der Waals surface area contributed by atoms with Crippen LogP contribution in [0.3, 0.4) is 0 Å². The van der Waals surface area contributed by atoms with E-state index in [0.717, 1.165) is 30.7 Å². The van der Waals surface area contributed by atoms with Gasteiger partial charge in [-0.1, -0.05) is 11.8 Å². The molecule has 0 spiro atoms. The molecule has 28 heavy (non-hydrogen) atoms. The minimum absolute atomic E-state index is 0.0199. The number of fused-ring (bicyclic) bond motifs is 2. The normalized spacial score (nSPS) is 18.3. The minimum Gasteiger partial charge on any atom is -0.494 e. The molecule has 1 unspecified atom stereocenters. The Morgan fingerprint density at radius 2 is 2.18 bits per heavy atom. The summed E-state index contributed by atoms with van der Waals surface area (Å²) in [5, 5.41) is 15.4. The van der Waals surface area contributed by atoms with E-state index in [2.05, 4.69) is 10.2 Å². The van der Waals surface area contributed by atoms with E-state index in [1.807, 2.05) is 10.6 Å². The molecule has 9 heteroatoms. The molecular formula is C19H13FN4O3S. The molecule has 1 saturated carbocycles. The van der Waals surface area contributed by atoms with Crippen molar-refractivity contribution in [1.29, 1.82) is 5.26 Å². The second-order valence-electron chi connectivity index (χ2n) is 6.75. The third kappa shape index (κ3) is 2.18. The van der Waals surface area contributed by atoms with Crippen molar-refractivity contribution < 1.29 is 13.9 Å². The first kappa shape index (κ1) is 17.0. The van der Waals surface area contributed by atoms with Crippen LogP contribution >= 0.6 is 11.8 Å². The van der Waals surface area contributed by atoms with E-state index in [1.54, 1.807) is 6.20 Å². The van der Waals surface area contributed by atoms with E-state index in [9.17, 15) is 14.9 Å². The highest BCUT2D eigenvalue weighted by molar-refractivity contribution is 8.01. The predicted molar refractivity (Wildman–Crippen MR) is 100 cm³/mol. The number of Topliss-reactive ketones (excluding diaryl/α,β-unsaturated/α-hetero) is 1. The molecule has 0 radical (unpaired) electrons. The lowest BCUT2D eigenvalue weighted by Crippen LogP contribution is -2.21. The first-order valence-corrected chi connectivity index (χ1v) is 9.53. The van der Waals surface area contributed by atoms with Crippen LogP contribution in [0.5, 0.6) is 5.75 Å². The van der Waals surface area contributed by atoms with Crippen molar-refractivity contribution in [1.82, 2.24) is 14.8 Å². The Hall–Kier alpha value is -3.12. The Morgan fingerprint density at radius 1 is 1.39 bits per heavy atom. The number of nitriles is 1. The average Bonchev–Trinajstić information content (AvgIpc) is 3.26. The first-order chi connectivity index (χ1) is 13.6. The lowest BCUT2D eigenvalue weighted by atomic mass is 10.0. The molecule has 0 bridgehead atoms. The number of thioether (sulfide) groups is 1. The lowest BCUT2D eigenvalue weighted by Gasteiger charge is -2.19. The number of nitrogens with zero attached hydrogens (tertiary/aromatic N) is 3. The number of benzene rings is 1. The van der Waals surface area contributed by atoms with Crippen molar-refractivity contribution >= 4 is 28.4 Å². The maximum absolute atomic E-state index is 15.0. The number of carbonyl (C=O) groups is 1. The number of rotatable bonds is 3. The molecule has 1 fully saturated rings. The van der Waals surface area contributed by atoms with Crippen molar-refractivity contribution in [2.45, 2.75) is 29.2 Å². The summed E-state index contributed by atoms with van der Waals surface area (Å²) in [5.74, 6) is -0.932. The summed E-state index contributed by atoms with van der Waals surface area (Å²) >= 11 is 1.08. The van der Waals surface area contributed by atoms with E-state index in [0.29, 0.717) is 16.1 Å². The number of H-pyrrole nitrogens is 1. The first-order valence-electron chi connectivity index (χ1n) is 8.65. The van der Waals surface area contributed by atoms with E-state index < -0.39 is 22.3 Å². The summed E-state index contributed by atoms with van der Waals surface area (Å²) in [4.78, 5) is 25.7. The van der Waals surface area contributed by atoms with Gasteiger partial charge in [-0.3, -0.25) is 14.7 Å². The molecule has 7 nitrogen and oxygen atoms in total. The third-order valence-electron chi connectivity index (χ3n) is 5.09. The fraction of sp³-hybridized carbons (Fsp3) is 0.263. The van der Waals surface area contributed by atoms with E-state index >= 15 is 4.39 Å². The second kappa shape index (κ2) is 5.94. The van der Waals surface area contributed by atoms with Gasteiger partial charge in [-0.05, 0) is 18.9 Å². The van der Waals surface area contributed by atoms with Crippen LogP contribution in [-0.2, 0) is 0 Å². The van der Waals surface area contributed by atoms with Crippen molar-refractivity contribution in [3.8, 4) is 22.9 Å². The van der Waals surface area contributed by atoms with E-state index in [4.69, 9.17) is 4.74 Å². The number of methoxy groups -OCH3 is 1. The summed E-state index contributed by atoms with van der Waals surface area (Å²) in [6.07, 6.45) is 4.77. The number of carbonyl (C=O) groups excluding carboxylic acids is 1. The highest BCUT2D eigenvalue weighted by Gasteiger charge is 2.41. The topological polar surface area (TPSA) is 101 Å². The summed E-state index contributed by atoms with van der Waals surface area (Å²) in [7, 11) is 1.42. The zero-order valence-corrected chi connectivity index (χ0v) is 15.5. The van der Waals surface area contributed by atoms with Gasteiger partial charge < -0.3 is 9.30 Å². The number of hydrogen-bond donors (Lipinski definition) is 1. The Bertz CT molecular complexity index is 1260. The second-order valence-corrected chi connectivity index (χ2v) is 7.85. The Kier molecular flexibility index (Phi) is 3.61. The van der Waals surface area contributed by atoms with Crippen LogP contribution < -0.4 is 10.2 Å². The maximum Gasteiger partial charge on any atom is 0.201 e. The summed E-state index contributed by atoms with van der Waals surface area (Å²) in [6.45, 7) is 0. The molecule has 5 rings (SSSR count). The molecule has 3 heterocycles. The average molecular weight is 396 g/mol. The Labute approximate surface area is 162 Å². The zero-order valence-electron chi connectivity index (χ0n) is 14.7. The monoisotopic (exact) mass is 396 g/mol. The third-order valence-corrected chi connectivity index (χ3v) is 6.27. The van der Waals surface area contributed by atoms with Crippen molar-refractivity contribution in [2.75, 3.05) is 7.11 Å². The van der Waals surface area contributed by atoms with Gasteiger partial charge in [0.15, 0.2) is 16.8 Å². The van der Waals surface area contributed by atoms with Gasteiger partial charge in [0, 0.05) is 17.8 Å². The SMILES string of the molecule is COc1c(-c2cn[nH]c2)c(F)cc2c(=O)c3c(n(C4CC4)c12)SC(C#N)C3=O. The molecule has 1 aliphatic carbocycles. The fourth-order valence-electron chi connectivity index (χ4n) is 3.73. The van der Waals surface area contributed by atoms with E-state index in [-0.39, 0.29) is 28.3 Å². The molecule has 1 N–H and O–H groups in total. The molecule has 0 saturated heterocycles. The van der Waals surface area contributed by atoms with Crippen molar-refractivity contribution in [3.63, 3.8) is 0 Å². The number of hydrogen-bond acceptors (Lipinski definition) is 6. The summed E-state index contributed by atoms with van der Waals surface area (Å²) < 4.78 is 22.5. The molecule has 140 valence electrons. The largest absolute Gasteiger partial charge is 0.494 e. The molecule has 2 aliphatic rings. The number of pyridine rings is 1. The van der Waals surface area contributed by atoms with Crippen LogP contribution in [0, 0.1) is 17.1 Å². The summed E-state index contributed by atoms with van der Waals surface area (Å²) in [6, 6.07) is 3.17. The zero-order chi connectivity index (χ0) is 19.6. The number of aromatic nitrogens is 3. The predicted octanol–water partition coefficient (Wildman–Crippen LogP) is 3.05. The highest BCUT2D eigenvalue weighted by atomic mass is 32.2. The molecule has 1 aliphatic heterocycles. The van der Waals surface area contributed by atoms with Gasteiger partial charge in [0.2, 0.25) is 5.43 Å². The highest BCUT2D eigenvalue weighted by Crippen LogP contribution is 2.48. The standard InChI is InChI=1S/C19H13FN4O3S/c1-27-18-13(8-6-22-23-7-8)11(20)4-10-15(18)24(9-2-3-9)19-14(16(10)25)17(26)12(5-21)28-19/h4,6-7,9,12H,2-3H2,1H3,(H,22,23). The minimum atomic E-state index is -0.964. The molecule has 0 amide bonds. The van der Waals surface area contributed by atoms with Crippen LogP contribution in [-0.4, -0.2) is 32.9 Å². The molecule has 2 aromatic heterocycles. The molecule has 1 aromatic carbocycles. The van der Waals surface area contributed by atoms with Crippen molar-refractivity contribution in [3.05, 3.63) is 40.1 Å². The number of aromatic amines is 1. The van der Waals surface area contributed by atoms with Gasteiger partial charge in [0.05, 0.1) is 46.4 Å². The molecule has 3 aromatic rings. The van der Waals surface area contributed by atoms with Crippen LogP contribution in [0.15, 0.2) is 28.3 Å². The van der Waals surface area contributed by atoms with Gasteiger partial charge >= 0.3 is 0 Å². The Balaban J connectivity index is 1.97. The van der Waals surface area contributed by atoms with Gasteiger partial charge in [-0.2, -0.15) is 10.4 Å². The van der Waals surface area contributed by atoms with Gasteiger partial charge in [-0.25, -0.2) is 4.39 Å². The van der Waals surface area contributed by atoms with Gasteiger partial charge in [-0.15, -0.1) is 0 Å². The van der Waals surface area contributed by atoms with Crippen LogP contribution in [0.25, 0.3) is 22.0 Å². The smallest absolute Gasteiger partial charge is 0.201 e. The number of halogens is 1.